The van der Waals surface area contributed by atoms with Crippen molar-refractivity contribution in [3.05, 3.63) is 70.1 Å². The fourth-order valence-electron chi connectivity index (χ4n) is 3.26. The molecule has 0 spiro atoms. The molecule has 26 heavy (non-hydrogen) atoms. The minimum atomic E-state index is 0. The van der Waals surface area contributed by atoms with Crippen LogP contribution in [0, 0.1) is 0 Å². The van der Waals surface area contributed by atoms with Crippen LogP contribution in [-0.4, -0.2) is 35.6 Å². The minimum absolute atomic E-state index is 0. The number of rotatable bonds is 5. The highest BCUT2D eigenvalue weighted by Crippen LogP contribution is 2.18. The molecule has 1 aliphatic rings. The van der Waals surface area contributed by atoms with E-state index < -0.39 is 0 Å². The molecule has 0 bridgehead atoms. The first-order valence-corrected chi connectivity index (χ1v) is 8.96. The number of guanidine groups is 1. The molecule has 0 radical (unpaired) electrons. The molecule has 140 valence electrons. The average Bonchev–Trinajstić information content (AvgIpc) is 2.65. The molecule has 2 aromatic rings. The number of aromatic nitrogens is 1. The van der Waals surface area contributed by atoms with Gasteiger partial charge in [-0.3, -0.25) is 9.79 Å². The van der Waals surface area contributed by atoms with E-state index >= 15 is 0 Å². The van der Waals surface area contributed by atoms with E-state index in [0.717, 1.165) is 51.4 Å². The number of aryl methyl sites for hydroxylation is 1. The summed E-state index contributed by atoms with van der Waals surface area (Å²) in [6.45, 7) is 3.54. The van der Waals surface area contributed by atoms with Crippen LogP contribution in [0.5, 0.6) is 0 Å². The number of aliphatic imine (C=N–C) groups is 1. The maximum Gasteiger partial charge on any atom is 0.250 e. The molecule has 1 aromatic heterocycles. The summed E-state index contributed by atoms with van der Waals surface area (Å²) in [5.74, 6) is 0.964. The largest absolute Gasteiger partial charge is 0.356 e. The summed E-state index contributed by atoms with van der Waals surface area (Å²) >= 11 is 0. The first-order chi connectivity index (χ1) is 12.3. The van der Waals surface area contributed by atoms with E-state index in [-0.39, 0.29) is 29.5 Å². The van der Waals surface area contributed by atoms with Crippen molar-refractivity contribution < 1.29 is 0 Å². The summed E-state index contributed by atoms with van der Waals surface area (Å²) in [6, 6.07) is 13.9. The van der Waals surface area contributed by atoms with Gasteiger partial charge < -0.3 is 14.8 Å². The number of hydrogen-bond donors (Lipinski definition) is 1. The maximum atomic E-state index is 11.7. The number of fused-ring (bicyclic) bond motifs is 1. The minimum Gasteiger partial charge on any atom is -0.356 e. The standard InChI is InChI=1S/C20H26N4O.HI/c1-21-20(24-15-11-17-8-2-3-9-18(17)16-24)22-12-5-7-14-23-13-6-4-10-19(23)25;/h2-4,6,8-10,13H,5,7,11-12,14-16H2,1H3,(H,21,22);1H. The van der Waals surface area contributed by atoms with E-state index in [1.807, 2.05) is 19.3 Å². The lowest BCUT2D eigenvalue weighted by Crippen LogP contribution is -2.44. The van der Waals surface area contributed by atoms with Crippen LogP contribution in [0.25, 0.3) is 0 Å². The van der Waals surface area contributed by atoms with Gasteiger partial charge in [0.15, 0.2) is 5.96 Å². The summed E-state index contributed by atoms with van der Waals surface area (Å²) in [6.07, 6.45) is 4.88. The SMILES string of the molecule is CN=C(NCCCCn1ccccc1=O)N1CCc2ccccc2C1.I. The van der Waals surface area contributed by atoms with Crippen LogP contribution in [0.3, 0.4) is 0 Å². The molecule has 1 N–H and O–H groups in total. The molecule has 0 fully saturated rings. The first-order valence-electron chi connectivity index (χ1n) is 8.96. The maximum absolute atomic E-state index is 11.7. The predicted molar refractivity (Wildman–Crippen MR) is 117 cm³/mol. The highest BCUT2D eigenvalue weighted by Gasteiger charge is 2.18. The number of unbranched alkanes of at least 4 members (excludes halogenated alkanes) is 1. The van der Waals surface area contributed by atoms with Crippen LogP contribution in [0.15, 0.2) is 58.4 Å². The van der Waals surface area contributed by atoms with Crippen LogP contribution < -0.4 is 10.9 Å². The number of nitrogens with zero attached hydrogens (tertiary/aromatic N) is 3. The number of halogens is 1. The molecule has 3 rings (SSSR count). The van der Waals surface area contributed by atoms with Gasteiger partial charge in [0.05, 0.1) is 0 Å². The first kappa shape index (κ1) is 20.5. The lowest BCUT2D eigenvalue weighted by molar-refractivity contribution is 0.378. The van der Waals surface area contributed by atoms with Gasteiger partial charge in [-0.05, 0) is 36.5 Å². The van der Waals surface area contributed by atoms with Crippen LogP contribution >= 0.6 is 24.0 Å². The zero-order valence-electron chi connectivity index (χ0n) is 15.2. The molecule has 2 heterocycles. The Morgan fingerprint density at radius 1 is 1.12 bits per heavy atom. The molecule has 1 aromatic carbocycles. The van der Waals surface area contributed by atoms with Gasteiger partial charge in [0.1, 0.15) is 0 Å². The average molecular weight is 466 g/mol. The number of benzene rings is 1. The van der Waals surface area contributed by atoms with Gasteiger partial charge in [0.25, 0.3) is 0 Å². The summed E-state index contributed by atoms with van der Waals surface area (Å²) in [4.78, 5) is 18.4. The van der Waals surface area contributed by atoms with E-state index in [4.69, 9.17) is 0 Å². The van der Waals surface area contributed by atoms with Crippen molar-refractivity contribution in [2.45, 2.75) is 32.4 Å². The lowest BCUT2D eigenvalue weighted by Gasteiger charge is -2.31. The summed E-state index contributed by atoms with van der Waals surface area (Å²) in [5.41, 5.74) is 2.90. The Labute approximate surface area is 172 Å². The molecular formula is C20H27IN4O. The normalized spacial score (nSPS) is 13.7. The van der Waals surface area contributed by atoms with Gasteiger partial charge in [0.2, 0.25) is 5.56 Å². The summed E-state index contributed by atoms with van der Waals surface area (Å²) in [7, 11) is 1.84. The summed E-state index contributed by atoms with van der Waals surface area (Å²) < 4.78 is 1.76. The molecule has 0 unspecified atom stereocenters. The fraction of sp³-hybridized carbons (Fsp3) is 0.400. The molecular weight excluding hydrogens is 439 g/mol. The third kappa shape index (κ3) is 5.33. The van der Waals surface area contributed by atoms with Gasteiger partial charge in [-0.25, -0.2) is 0 Å². The van der Waals surface area contributed by atoms with Crippen LogP contribution in [0.1, 0.15) is 24.0 Å². The topological polar surface area (TPSA) is 49.6 Å². The third-order valence-corrected chi connectivity index (χ3v) is 4.65. The molecule has 0 atom stereocenters. The molecule has 6 heteroatoms. The van der Waals surface area contributed by atoms with Crippen LogP contribution in [0.4, 0.5) is 0 Å². The lowest BCUT2D eigenvalue weighted by atomic mass is 10.0. The Kier molecular flexibility index (Phi) is 8.15. The Morgan fingerprint density at radius 3 is 2.65 bits per heavy atom. The molecule has 5 nitrogen and oxygen atoms in total. The second-order valence-corrected chi connectivity index (χ2v) is 6.35. The van der Waals surface area contributed by atoms with Crippen molar-refractivity contribution in [2.75, 3.05) is 20.1 Å². The summed E-state index contributed by atoms with van der Waals surface area (Å²) in [5, 5.41) is 3.46. The van der Waals surface area contributed by atoms with Gasteiger partial charge >= 0.3 is 0 Å². The number of hydrogen-bond acceptors (Lipinski definition) is 2. The van der Waals surface area contributed by atoms with Crippen molar-refractivity contribution >= 4 is 29.9 Å². The molecule has 0 saturated carbocycles. The Balaban J connectivity index is 0.00000243. The molecule has 1 aliphatic heterocycles. The quantitative estimate of drug-likeness (QED) is 0.319. The Morgan fingerprint density at radius 2 is 1.88 bits per heavy atom. The number of pyridine rings is 1. The van der Waals surface area contributed by atoms with Crippen molar-refractivity contribution in [1.82, 2.24) is 14.8 Å². The Bertz CT molecular complexity index is 787. The monoisotopic (exact) mass is 466 g/mol. The van der Waals surface area contributed by atoms with Gasteiger partial charge in [-0.15, -0.1) is 24.0 Å². The smallest absolute Gasteiger partial charge is 0.250 e. The third-order valence-electron chi connectivity index (χ3n) is 4.65. The van der Waals surface area contributed by atoms with E-state index in [9.17, 15) is 4.79 Å². The Hall–Kier alpha value is -1.83. The van der Waals surface area contributed by atoms with Crippen molar-refractivity contribution in [3.63, 3.8) is 0 Å². The number of nitrogens with one attached hydrogen (secondary N) is 1. The zero-order chi connectivity index (χ0) is 17.5. The van der Waals surface area contributed by atoms with Crippen molar-refractivity contribution in [2.24, 2.45) is 4.99 Å². The van der Waals surface area contributed by atoms with Crippen molar-refractivity contribution in [1.29, 1.82) is 0 Å². The van der Waals surface area contributed by atoms with Gasteiger partial charge in [-0.1, -0.05) is 30.3 Å². The highest BCUT2D eigenvalue weighted by atomic mass is 127. The van der Waals surface area contributed by atoms with Crippen LogP contribution in [-0.2, 0) is 19.5 Å². The fourth-order valence-corrected chi connectivity index (χ4v) is 3.26. The van der Waals surface area contributed by atoms with E-state index in [2.05, 4.69) is 39.5 Å². The van der Waals surface area contributed by atoms with Crippen LogP contribution in [0.2, 0.25) is 0 Å². The predicted octanol–water partition coefficient (Wildman–Crippen LogP) is 2.88. The van der Waals surface area contributed by atoms with Crippen molar-refractivity contribution in [3.8, 4) is 0 Å². The molecule has 0 saturated heterocycles. The highest BCUT2D eigenvalue weighted by molar-refractivity contribution is 14.0. The van der Waals surface area contributed by atoms with E-state index in [0.29, 0.717) is 0 Å². The molecule has 0 amide bonds. The molecule has 0 aliphatic carbocycles. The van der Waals surface area contributed by atoms with E-state index in [1.54, 1.807) is 16.7 Å². The zero-order valence-corrected chi connectivity index (χ0v) is 17.6. The van der Waals surface area contributed by atoms with Gasteiger partial charge in [0, 0.05) is 45.5 Å². The van der Waals surface area contributed by atoms with E-state index in [1.165, 1.54) is 11.1 Å². The second kappa shape index (κ2) is 10.4. The second-order valence-electron chi connectivity index (χ2n) is 6.35. The van der Waals surface area contributed by atoms with Gasteiger partial charge in [-0.2, -0.15) is 0 Å².